The van der Waals surface area contributed by atoms with Gasteiger partial charge in [-0.05, 0) is 85.5 Å². The molecule has 0 N–H and O–H groups in total. The zero-order chi connectivity index (χ0) is 31.4. The second-order valence-electron chi connectivity index (χ2n) is 11.8. The van der Waals surface area contributed by atoms with Gasteiger partial charge < -0.3 is 14.2 Å². The van der Waals surface area contributed by atoms with Crippen molar-refractivity contribution in [3.05, 3.63) is 87.9 Å². The fourth-order valence-electron chi connectivity index (χ4n) is 6.17. The van der Waals surface area contributed by atoms with Crippen LogP contribution in [0.15, 0.2) is 48.5 Å². The quantitative estimate of drug-likeness (QED) is 0.163. The number of hydrogen-bond acceptors (Lipinski definition) is 3. The van der Waals surface area contributed by atoms with E-state index in [4.69, 9.17) is 21.1 Å². The molecule has 2 aliphatic rings. The van der Waals surface area contributed by atoms with Crippen molar-refractivity contribution in [1.82, 2.24) is 0 Å². The molecule has 238 valence electrons. The van der Waals surface area contributed by atoms with Crippen LogP contribution in [0.1, 0.15) is 75.3 Å². The maximum Gasteiger partial charge on any atom is 0.432 e. The molecule has 3 aromatic carbocycles. The number of benzene rings is 3. The van der Waals surface area contributed by atoms with E-state index in [1.165, 1.54) is 25.0 Å². The van der Waals surface area contributed by atoms with Crippen LogP contribution in [0.25, 0.3) is 11.1 Å². The van der Waals surface area contributed by atoms with Crippen LogP contribution in [-0.2, 0) is 15.6 Å². The van der Waals surface area contributed by atoms with Gasteiger partial charge in [-0.3, -0.25) is 0 Å². The third-order valence-electron chi connectivity index (χ3n) is 8.61. The molecule has 3 nitrogen and oxygen atoms in total. The highest BCUT2D eigenvalue weighted by atomic mass is 35.5. The molecule has 1 aliphatic carbocycles. The highest BCUT2D eigenvalue weighted by molar-refractivity contribution is 6.30. The molecule has 0 radical (unpaired) electrons. The third-order valence-corrected chi connectivity index (χ3v) is 8.92. The Morgan fingerprint density at radius 2 is 1.50 bits per heavy atom. The summed E-state index contributed by atoms with van der Waals surface area (Å²) in [5.74, 6) is -4.98. The summed E-state index contributed by atoms with van der Waals surface area (Å²) < 4.78 is 105. The number of alkyl halides is 2. The zero-order valence-electron chi connectivity index (χ0n) is 24.4. The Morgan fingerprint density at radius 1 is 0.818 bits per heavy atom. The first kappa shape index (κ1) is 32.6. The summed E-state index contributed by atoms with van der Waals surface area (Å²) in [5, 5.41) is -0.161. The van der Waals surface area contributed by atoms with E-state index in [9.17, 15) is 8.78 Å². The summed E-state index contributed by atoms with van der Waals surface area (Å²) in [7, 11) is 0. The topological polar surface area (TPSA) is 27.7 Å². The summed E-state index contributed by atoms with van der Waals surface area (Å²) in [6.07, 6.45) is 2.55. The summed E-state index contributed by atoms with van der Waals surface area (Å²) in [4.78, 5) is 0. The van der Waals surface area contributed by atoms with Crippen LogP contribution in [-0.4, -0.2) is 19.5 Å². The largest absolute Gasteiger partial charge is 0.432 e. The van der Waals surface area contributed by atoms with Gasteiger partial charge in [0.1, 0.15) is 34.6 Å². The van der Waals surface area contributed by atoms with E-state index in [-0.39, 0.29) is 34.3 Å². The average Bonchev–Trinajstić information content (AvgIpc) is 2.98. The van der Waals surface area contributed by atoms with Gasteiger partial charge in [0.25, 0.3) is 0 Å². The molecule has 3 aromatic rings. The minimum atomic E-state index is -4.44. The number of unbranched alkanes of at least 4 members (excludes halogenated alkanes) is 2. The van der Waals surface area contributed by atoms with Gasteiger partial charge in [0, 0.05) is 23.5 Å². The number of hydrogen-bond donors (Lipinski definition) is 0. The van der Waals surface area contributed by atoms with Gasteiger partial charge in [-0.1, -0.05) is 43.9 Å². The molecule has 10 heteroatoms. The van der Waals surface area contributed by atoms with Crippen molar-refractivity contribution in [3.63, 3.8) is 0 Å². The van der Waals surface area contributed by atoms with Crippen molar-refractivity contribution in [2.24, 2.45) is 11.8 Å². The molecule has 0 unspecified atom stereocenters. The molecule has 0 amide bonds. The number of halogens is 7. The molecule has 1 saturated heterocycles. The summed E-state index contributed by atoms with van der Waals surface area (Å²) in [6.45, 7) is 3.50. The predicted molar refractivity (Wildman–Crippen MR) is 156 cm³/mol. The normalized spacial score (nSPS) is 22.6. The lowest BCUT2D eigenvalue weighted by Gasteiger charge is -2.37. The average molecular weight is 641 g/mol. The van der Waals surface area contributed by atoms with Crippen molar-refractivity contribution in [2.45, 2.75) is 76.6 Å². The molecule has 2 fully saturated rings. The smallest absolute Gasteiger partial charge is 0.429 e. The highest BCUT2D eigenvalue weighted by Gasteiger charge is 2.42. The first-order valence-corrected chi connectivity index (χ1v) is 15.5. The summed E-state index contributed by atoms with van der Waals surface area (Å²) >= 11 is 5.65. The minimum absolute atomic E-state index is 0.0964. The van der Waals surface area contributed by atoms with Crippen molar-refractivity contribution in [1.29, 1.82) is 0 Å². The molecular formula is C34H35ClF6O3. The Labute approximate surface area is 258 Å². The standard InChI is InChI=1S/C34H35ClF6O3/c1-2-3-4-5-20-18-42-33(43-19-20)22-8-6-21(7-9-22)24-15-30(38)32(31(39)16-24)34(40,41)44-25-11-12-26(28(36)17-25)23-10-13-27(35)29(37)14-23/h10-17,20-22,33H,2-9,18-19H2,1H3. The molecule has 1 aliphatic heterocycles. The van der Waals surface area contributed by atoms with Crippen LogP contribution in [0.5, 0.6) is 5.75 Å². The van der Waals surface area contributed by atoms with E-state index < -0.39 is 40.7 Å². The van der Waals surface area contributed by atoms with Gasteiger partial charge >= 0.3 is 6.11 Å². The van der Waals surface area contributed by atoms with Crippen LogP contribution in [0.2, 0.25) is 5.02 Å². The Kier molecular flexibility index (Phi) is 10.5. The molecule has 0 aromatic heterocycles. The molecule has 0 spiro atoms. The second kappa shape index (κ2) is 14.1. The summed E-state index contributed by atoms with van der Waals surface area (Å²) in [5.41, 5.74) is -1.24. The lowest BCUT2D eigenvalue weighted by molar-refractivity contribution is -0.229. The predicted octanol–water partition coefficient (Wildman–Crippen LogP) is 10.5. The van der Waals surface area contributed by atoms with E-state index in [0.717, 1.165) is 56.0 Å². The Hall–Kier alpha value is -2.75. The number of rotatable bonds is 10. The second-order valence-corrected chi connectivity index (χ2v) is 12.2. The van der Waals surface area contributed by atoms with E-state index in [1.54, 1.807) is 0 Å². The molecule has 5 rings (SSSR count). The van der Waals surface area contributed by atoms with Gasteiger partial charge in [0.15, 0.2) is 6.29 Å². The molecular weight excluding hydrogens is 606 g/mol. The Bertz CT molecular complexity index is 1410. The Balaban J connectivity index is 1.20. The number of ether oxygens (including phenoxy) is 3. The highest BCUT2D eigenvalue weighted by Crippen LogP contribution is 2.42. The third kappa shape index (κ3) is 7.54. The van der Waals surface area contributed by atoms with Gasteiger partial charge in [0.2, 0.25) is 0 Å². The molecule has 44 heavy (non-hydrogen) atoms. The lowest BCUT2D eigenvalue weighted by atomic mass is 9.78. The summed E-state index contributed by atoms with van der Waals surface area (Å²) in [6, 6.07) is 8.19. The molecule has 0 atom stereocenters. The zero-order valence-corrected chi connectivity index (χ0v) is 25.1. The minimum Gasteiger partial charge on any atom is -0.429 e. The van der Waals surface area contributed by atoms with E-state index in [1.807, 2.05) is 0 Å². The van der Waals surface area contributed by atoms with Crippen molar-refractivity contribution < 1.29 is 40.6 Å². The van der Waals surface area contributed by atoms with Gasteiger partial charge in [-0.2, -0.15) is 8.78 Å². The Morgan fingerprint density at radius 3 is 2.11 bits per heavy atom. The molecule has 1 heterocycles. The maximum atomic E-state index is 15.1. The van der Waals surface area contributed by atoms with Gasteiger partial charge in [-0.15, -0.1) is 0 Å². The van der Waals surface area contributed by atoms with E-state index >= 15 is 17.6 Å². The first-order valence-electron chi connectivity index (χ1n) is 15.1. The molecule has 0 bridgehead atoms. The first-order chi connectivity index (χ1) is 21.1. The van der Waals surface area contributed by atoms with Crippen LogP contribution in [0.3, 0.4) is 0 Å². The fraction of sp³-hybridized carbons (Fsp3) is 0.471. The van der Waals surface area contributed by atoms with Crippen molar-refractivity contribution in [3.8, 4) is 16.9 Å². The van der Waals surface area contributed by atoms with Crippen molar-refractivity contribution in [2.75, 3.05) is 13.2 Å². The van der Waals surface area contributed by atoms with E-state index in [0.29, 0.717) is 43.6 Å². The van der Waals surface area contributed by atoms with Crippen LogP contribution in [0, 0.1) is 35.1 Å². The van der Waals surface area contributed by atoms with Crippen molar-refractivity contribution >= 4 is 11.6 Å². The van der Waals surface area contributed by atoms with Crippen LogP contribution >= 0.6 is 11.6 Å². The maximum absolute atomic E-state index is 15.1. The molecule has 1 saturated carbocycles. The van der Waals surface area contributed by atoms with Gasteiger partial charge in [-0.25, -0.2) is 17.6 Å². The van der Waals surface area contributed by atoms with E-state index in [2.05, 4.69) is 11.7 Å². The monoisotopic (exact) mass is 640 g/mol. The van der Waals surface area contributed by atoms with Crippen LogP contribution < -0.4 is 4.74 Å². The SMILES string of the molecule is CCCCCC1COC(C2CCC(c3cc(F)c(C(F)(F)Oc4ccc(-c5ccc(Cl)c(F)c5)c(F)c4)c(F)c3)CC2)OC1. The van der Waals surface area contributed by atoms with Crippen LogP contribution in [0.4, 0.5) is 26.3 Å². The fourth-order valence-corrected chi connectivity index (χ4v) is 6.28. The lowest BCUT2D eigenvalue weighted by Crippen LogP contribution is -2.38. The van der Waals surface area contributed by atoms with Gasteiger partial charge in [0.05, 0.1) is 18.2 Å².